The van der Waals surface area contributed by atoms with Crippen molar-refractivity contribution in [3.63, 3.8) is 0 Å². The van der Waals surface area contributed by atoms with E-state index in [4.69, 9.17) is 10.5 Å². The van der Waals surface area contributed by atoms with Gasteiger partial charge in [-0.3, -0.25) is 4.90 Å². The number of nitrogens with two attached hydrogens (primary N) is 1. The zero-order valence-corrected chi connectivity index (χ0v) is 9.98. The highest BCUT2D eigenvalue weighted by molar-refractivity contribution is 4.90. The zero-order valence-electron chi connectivity index (χ0n) is 9.98. The minimum atomic E-state index is 0.312. The Balaban J connectivity index is 2.01. The summed E-state index contributed by atoms with van der Waals surface area (Å²) in [5.74, 6) is 0.799. The molecule has 2 N–H and O–H groups in total. The van der Waals surface area contributed by atoms with Crippen molar-refractivity contribution in [3.8, 4) is 0 Å². The molecule has 0 aliphatic carbocycles. The Morgan fingerprint density at radius 2 is 2.07 bits per heavy atom. The summed E-state index contributed by atoms with van der Waals surface area (Å²) >= 11 is 0. The molecule has 2 heterocycles. The molecule has 0 aromatic rings. The van der Waals surface area contributed by atoms with Crippen molar-refractivity contribution in [2.45, 2.75) is 51.2 Å². The lowest BCUT2D eigenvalue weighted by molar-refractivity contribution is -0.0302. The van der Waals surface area contributed by atoms with Crippen LogP contribution >= 0.6 is 0 Å². The number of rotatable bonds is 1. The first-order valence-corrected chi connectivity index (χ1v) is 6.29. The summed E-state index contributed by atoms with van der Waals surface area (Å²) in [5.41, 5.74) is 6.20. The maximum atomic E-state index is 6.20. The van der Waals surface area contributed by atoms with Crippen molar-refractivity contribution in [2.75, 3.05) is 19.8 Å². The maximum Gasteiger partial charge on any atom is 0.0637 e. The third-order valence-corrected chi connectivity index (χ3v) is 4.23. The maximum absolute atomic E-state index is 6.20. The fourth-order valence-electron chi connectivity index (χ4n) is 2.92. The van der Waals surface area contributed by atoms with Crippen LogP contribution in [0.2, 0.25) is 0 Å². The molecule has 88 valence electrons. The fraction of sp³-hybridized carbons (Fsp3) is 1.00. The SMILES string of the molecule is CC1CCCN(C2COCCC2N)C1C. The quantitative estimate of drug-likeness (QED) is 0.710. The summed E-state index contributed by atoms with van der Waals surface area (Å²) < 4.78 is 5.57. The molecule has 3 nitrogen and oxygen atoms in total. The van der Waals surface area contributed by atoms with Crippen molar-refractivity contribution >= 4 is 0 Å². The highest BCUT2D eigenvalue weighted by atomic mass is 16.5. The second-order valence-corrected chi connectivity index (χ2v) is 5.19. The summed E-state index contributed by atoms with van der Waals surface area (Å²) in [6.07, 6.45) is 3.69. The first-order chi connectivity index (χ1) is 7.20. The molecule has 2 saturated heterocycles. The van der Waals surface area contributed by atoms with E-state index in [1.165, 1.54) is 19.4 Å². The third kappa shape index (κ3) is 2.35. The highest BCUT2D eigenvalue weighted by Crippen LogP contribution is 2.27. The molecular weight excluding hydrogens is 188 g/mol. The van der Waals surface area contributed by atoms with E-state index < -0.39 is 0 Å². The van der Waals surface area contributed by atoms with Crippen LogP contribution in [0, 0.1) is 5.92 Å². The van der Waals surface area contributed by atoms with Crippen LogP contribution in [0.5, 0.6) is 0 Å². The second kappa shape index (κ2) is 4.81. The molecule has 2 aliphatic rings. The van der Waals surface area contributed by atoms with Crippen LogP contribution in [0.4, 0.5) is 0 Å². The summed E-state index contributed by atoms with van der Waals surface area (Å²) in [6, 6.07) is 1.43. The van der Waals surface area contributed by atoms with Crippen LogP contribution < -0.4 is 5.73 Å². The van der Waals surface area contributed by atoms with Crippen molar-refractivity contribution < 1.29 is 4.74 Å². The number of ether oxygens (including phenoxy) is 1. The first kappa shape index (κ1) is 11.4. The Kier molecular flexibility index (Phi) is 3.65. The predicted octanol–water partition coefficient (Wildman–Crippen LogP) is 1.22. The van der Waals surface area contributed by atoms with Gasteiger partial charge in [0.05, 0.1) is 6.61 Å². The molecule has 2 fully saturated rings. The molecule has 0 aromatic carbocycles. The fourth-order valence-corrected chi connectivity index (χ4v) is 2.92. The number of likely N-dealkylation sites (tertiary alicyclic amines) is 1. The lowest BCUT2D eigenvalue weighted by Crippen LogP contribution is -2.58. The van der Waals surface area contributed by atoms with Crippen molar-refractivity contribution in [3.05, 3.63) is 0 Å². The summed E-state index contributed by atoms with van der Waals surface area (Å²) in [4.78, 5) is 2.58. The van der Waals surface area contributed by atoms with Crippen LogP contribution in [-0.4, -0.2) is 42.8 Å². The van der Waals surface area contributed by atoms with E-state index in [0.29, 0.717) is 18.1 Å². The second-order valence-electron chi connectivity index (χ2n) is 5.19. The smallest absolute Gasteiger partial charge is 0.0637 e. The van der Waals surface area contributed by atoms with E-state index in [1.807, 2.05) is 0 Å². The van der Waals surface area contributed by atoms with E-state index in [1.54, 1.807) is 0 Å². The molecule has 0 aromatic heterocycles. The normalized spacial score (nSPS) is 44.2. The lowest BCUT2D eigenvalue weighted by atomic mass is 9.89. The van der Waals surface area contributed by atoms with Crippen molar-refractivity contribution in [1.29, 1.82) is 0 Å². The molecule has 4 unspecified atom stereocenters. The molecule has 2 aliphatic heterocycles. The first-order valence-electron chi connectivity index (χ1n) is 6.29. The van der Waals surface area contributed by atoms with Gasteiger partial charge in [0.15, 0.2) is 0 Å². The van der Waals surface area contributed by atoms with Gasteiger partial charge in [0.1, 0.15) is 0 Å². The largest absolute Gasteiger partial charge is 0.380 e. The van der Waals surface area contributed by atoms with Gasteiger partial charge in [-0.1, -0.05) is 6.92 Å². The summed E-state index contributed by atoms with van der Waals surface area (Å²) in [5, 5.41) is 0. The summed E-state index contributed by atoms with van der Waals surface area (Å²) in [6.45, 7) is 7.57. The molecule has 0 radical (unpaired) electrons. The van der Waals surface area contributed by atoms with E-state index in [9.17, 15) is 0 Å². The summed E-state index contributed by atoms with van der Waals surface area (Å²) in [7, 11) is 0. The third-order valence-electron chi connectivity index (χ3n) is 4.23. The molecule has 2 rings (SSSR count). The minimum Gasteiger partial charge on any atom is -0.380 e. The van der Waals surface area contributed by atoms with E-state index in [0.717, 1.165) is 25.6 Å². The number of hydrogen-bond donors (Lipinski definition) is 1. The van der Waals surface area contributed by atoms with Crippen LogP contribution in [0.25, 0.3) is 0 Å². The van der Waals surface area contributed by atoms with Gasteiger partial charge in [-0.05, 0) is 38.6 Å². The molecule has 4 atom stereocenters. The van der Waals surface area contributed by atoms with Crippen LogP contribution in [0.1, 0.15) is 33.1 Å². The van der Waals surface area contributed by atoms with E-state index >= 15 is 0 Å². The Labute approximate surface area is 93.0 Å². The van der Waals surface area contributed by atoms with Crippen LogP contribution in [0.15, 0.2) is 0 Å². The Bertz CT molecular complexity index is 210. The number of hydrogen-bond acceptors (Lipinski definition) is 3. The average molecular weight is 212 g/mol. The Morgan fingerprint density at radius 3 is 2.80 bits per heavy atom. The lowest BCUT2D eigenvalue weighted by Gasteiger charge is -2.46. The van der Waals surface area contributed by atoms with Gasteiger partial charge < -0.3 is 10.5 Å². The van der Waals surface area contributed by atoms with Gasteiger partial charge in [-0.25, -0.2) is 0 Å². The molecule has 0 bridgehead atoms. The molecule has 0 spiro atoms. The van der Waals surface area contributed by atoms with Gasteiger partial charge in [0.2, 0.25) is 0 Å². The zero-order chi connectivity index (χ0) is 10.8. The minimum absolute atomic E-state index is 0.312. The average Bonchev–Trinajstić information content (AvgIpc) is 2.23. The van der Waals surface area contributed by atoms with E-state index in [-0.39, 0.29) is 0 Å². The Hall–Kier alpha value is -0.120. The molecular formula is C12H24N2O. The van der Waals surface area contributed by atoms with Crippen LogP contribution in [-0.2, 0) is 4.74 Å². The van der Waals surface area contributed by atoms with Gasteiger partial charge in [-0.2, -0.15) is 0 Å². The predicted molar refractivity (Wildman–Crippen MR) is 61.8 cm³/mol. The molecule has 15 heavy (non-hydrogen) atoms. The topological polar surface area (TPSA) is 38.5 Å². The van der Waals surface area contributed by atoms with Gasteiger partial charge in [0, 0.05) is 24.7 Å². The monoisotopic (exact) mass is 212 g/mol. The van der Waals surface area contributed by atoms with Crippen molar-refractivity contribution in [1.82, 2.24) is 4.90 Å². The highest BCUT2D eigenvalue weighted by Gasteiger charge is 2.34. The van der Waals surface area contributed by atoms with Crippen LogP contribution in [0.3, 0.4) is 0 Å². The standard InChI is InChI=1S/C12H24N2O/c1-9-4-3-6-14(10(9)2)12-8-15-7-5-11(12)13/h9-12H,3-8,13H2,1-2H3. The number of nitrogens with zero attached hydrogens (tertiary/aromatic N) is 1. The van der Waals surface area contributed by atoms with Crippen molar-refractivity contribution in [2.24, 2.45) is 11.7 Å². The van der Waals surface area contributed by atoms with E-state index in [2.05, 4.69) is 18.7 Å². The molecule has 0 amide bonds. The molecule has 0 saturated carbocycles. The number of piperidine rings is 1. The van der Waals surface area contributed by atoms with Gasteiger partial charge in [0.25, 0.3) is 0 Å². The molecule has 3 heteroatoms. The Morgan fingerprint density at radius 1 is 1.27 bits per heavy atom. The van der Waals surface area contributed by atoms with Gasteiger partial charge >= 0.3 is 0 Å². The van der Waals surface area contributed by atoms with Gasteiger partial charge in [-0.15, -0.1) is 0 Å².